The normalized spacial score (nSPS) is 27.1. The summed E-state index contributed by atoms with van der Waals surface area (Å²) in [4.78, 5) is 12.0. The van der Waals surface area contributed by atoms with Crippen LogP contribution in [0.15, 0.2) is 0 Å². The molecule has 1 fully saturated rings. The first-order valence-corrected chi connectivity index (χ1v) is 6.96. The highest BCUT2D eigenvalue weighted by Crippen LogP contribution is 2.28. The minimum atomic E-state index is 0.0612. The molecule has 1 unspecified atom stereocenters. The summed E-state index contributed by atoms with van der Waals surface area (Å²) in [5, 5.41) is 6.54. The van der Waals surface area contributed by atoms with Gasteiger partial charge in [-0.3, -0.25) is 4.79 Å². The molecule has 0 spiro atoms. The maximum absolute atomic E-state index is 12.0. The highest BCUT2D eigenvalue weighted by atomic mass is 16.1. The third-order valence-corrected chi connectivity index (χ3v) is 4.08. The van der Waals surface area contributed by atoms with Crippen LogP contribution in [0.3, 0.4) is 0 Å². The quantitative estimate of drug-likeness (QED) is 0.746. The molecule has 1 aliphatic carbocycles. The zero-order valence-corrected chi connectivity index (χ0v) is 11.8. The third kappa shape index (κ3) is 4.40. The first-order chi connectivity index (χ1) is 8.08. The van der Waals surface area contributed by atoms with E-state index in [2.05, 4.69) is 10.6 Å². The summed E-state index contributed by atoms with van der Waals surface area (Å²) in [6.45, 7) is 3.98. The van der Waals surface area contributed by atoms with Crippen LogP contribution in [-0.2, 0) is 4.79 Å². The van der Waals surface area contributed by atoms with E-state index >= 15 is 0 Å². The van der Waals surface area contributed by atoms with Gasteiger partial charge in [0.15, 0.2) is 5.78 Å². The van der Waals surface area contributed by atoms with Gasteiger partial charge >= 0.3 is 0 Å². The summed E-state index contributed by atoms with van der Waals surface area (Å²) in [7, 11) is 3.95. The van der Waals surface area contributed by atoms with Crippen molar-refractivity contribution >= 4 is 5.78 Å². The van der Waals surface area contributed by atoms with Crippen LogP contribution in [0, 0.1) is 11.8 Å². The van der Waals surface area contributed by atoms with E-state index in [1.165, 1.54) is 25.7 Å². The van der Waals surface area contributed by atoms with Gasteiger partial charge in [0.05, 0.1) is 6.04 Å². The Morgan fingerprint density at radius 2 is 1.76 bits per heavy atom. The van der Waals surface area contributed by atoms with Crippen LogP contribution in [0.5, 0.6) is 0 Å². The summed E-state index contributed by atoms with van der Waals surface area (Å²) in [5.41, 5.74) is 0. The molecular formula is C14H28N2O. The van der Waals surface area contributed by atoms with Crippen LogP contribution < -0.4 is 10.6 Å². The van der Waals surface area contributed by atoms with Crippen LogP contribution in [-0.4, -0.2) is 32.0 Å². The lowest BCUT2D eigenvalue weighted by Crippen LogP contribution is -2.40. The lowest BCUT2D eigenvalue weighted by atomic mass is 9.81. The summed E-state index contributed by atoms with van der Waals surface area (Å²) in [6.07, 6.45) is 6.05. The highest BCUT2D eigenvalue weighted by Gasteiger charge is 2.26. The zero-order chi connectivity index (χ0) is 12.8. The number of carbonyl (C=O) groups is 1. The summed E-state index contributed by atoms with van der Waals surface area (Å²) >= 11 is 0. The van der Waals surface area contributed by atoms with Crippen molar-refractivity contribution in [2.75, 3.05) is 14.1 Å². The van der Waals surface area contributed by atoms with Crippen molar-refractivity contribution in [3.8, 4) is 0 Å². The maximum atomic E-state index is 12.0. The van der Waals surface area contributed by atoms with Crippen LogP contribution in [0.1, 0.15) is 46.0 Å². The smallest absolute Gasteiger partial charge is 0.152 e. The summed E-state index contributed by atoms with van der Waals surface area (Å²) in [5.74, 6) is 1.23. The molecule has 0 aliphatic heterocycles. The fourth-order valence-electron chi connectivity index (χ4n) is 2.80. The second-order valence-corrected chi connectivity index (χ2v) is 5.64. The molecule has 0 saturated heterocycles. The number of hydrogen-bond donors (Lipinski definition) is 2. The number of rotatable bonds is 6. The van der Waals surface area contributed by atoms with Gasteiger partial charge in [-0.1, -0.05) is 13.8 Å². The minimum Gasteiger partial charge on any atom is -0.317 e. The van der Waals surface area contributed by atoms with Gasteiger partial charge in [0.2, 0.25) is 0 Å². The molecule has 0 aromatic carbocycles. The Bertz CT molecular complexity index is 232. The van der Waals surface area contributed by atoms with E-state index < -0.39 is 0 Å². The number of nitrogens with one attached hydrogen (secondary N) is 2. The first-order valence-electron chi connectivity index (χ1n) is 6.96. The van der Waals surface area contributed by atoms with Crippen molar-refractivity contribution in [1.82, 2.24) is 10.6 Å². The highest BCUT2D eigenvalue weighted by molar-refractivity contribution is 5.85. The monoisotopic (exact) mass is 240 g/mol. The lowest BCUT2D eigenvalue weighted by Gasteiger charge is -2.30. The molecule has 1 saturated carbocycles. The molecule has 2 N–H and O–H groups in total. The van der Waals surface area contributed by atoms with Gasteiger partial charge in [-0.15, -0.1) is 0 Å². The number of likely N-dealkylation sites (N-methyl/N-ethyl adjacent to an activating group) is 1. The number of ketones is 1. The Morgan fingerprint density at radius 3 is 2.18 bits per heavy atom. The second kappa shape index (κ2) is 7.12. The number of Topliss-reactive ketones (excluding diaryl/α,β-unsaturated/α-hetero) is 1. The average Bonchev–Trinajstić information content (AvgIpc) is 2.35. The Morgan fingerprint density at radius 1 is 1.18 bits per heavy atom. The van der Waals surface area contributed by atoms with Gasteiger partial charge < -0.3 is 10.6 Å². The van der Waals surface area contributed by atoms with E-state index in [1.54, 1.807) is 0 Å². The molecule has 1 aliphatic rings. The predicted molar refractivity (Wildman–Crippen MR) is 72.1 cm³/mol. The Labute approximate surface area is 106 Å². The molecule has 0 bridgehead atoms. The van der Waals surface area contributed by atoms with Gasteiger partial charge in [-0.05, 0) is 52.1 Å². The van der Waals surface area contributed by atoms with Gasteiger partial charge in [-0.25, -0.2) is 0 Å². The molecule has 0 heterocycles. The fourth-order valence-corrected chi connectivity index (χ4v) is 2.80. The summed E-state index contributed by atoms with van der Waals surface area (Å²) in [6, 6.07) is 0.756. The van der Waals surface area contributed by atoms with Crippen molar-refractivity contribution in [2.24, 2.45) is 11.8 Å². The van der Waals surface area contributed by atoms with Gasteiger partial charge in [-0.2, -0.15) is 0 Å². The largest absolute Gasteiger partial charge is 0.317 e. The molecule has 1 atom stereocenters. The summed E-state index contributed by atoms with van der Waals surface area (Å²) < 4.78 is 0. The van der Waals surface area contributed by atoms with E-state index in [9.17, 15) is 4.79 Å². The van der Waals surface area contributed by atoms with Crippen LogP contribution in [0.2, 0.25) is 0 Å². The van der Waals surface area contributed by atoms with Crippen molar-refractivity contribution in [2.45, 2.75) is 58.0 Å². The van der Waals surface area contributed by atoms with E-state index in [1.807, 2.05) is 27.9 Å². The van der Waals surface area contributed by atoms with Gasteiger partial charge in [0, 0.05) is 12.0 Å². The molecule has 3 heteroatoms. The Hall–Kier alpha value is -0.410. The van der Waals surface area contributed by atoms with Gasteiger partial charge in [0.25, 0.3) is 0 Å². The van der Waals surface area contributed by atoms with E-state index in [4.69, 9.17) is 0 Å². The first kappa shape index (κ1) is 14.7. The van der Waals surface area contributed by atoms with E-state index in [-0.39, 0.29) is 12.0 Å². The molecule has 3 nitrogen and oxygen atoms in total. The topological polar surface area (TPSA) is 41.1 Å². The molecule has 17 heavy (non-hydrogen) atoms. The molecule has 0 amide bonds. The molecule has 0 aromatic rings. The van der Waals surface area contributed by atoms with Crippen LogP contribution in [0.4, 0.5) is 0 Å². The molecule has 0 aromatic heterocycles. The number of hydrogen-bond acceptors (Lipinski definition) is 3. The fraction of sp³-hybridized carbons (Fsp3) is 0.929. The molecule has 0 radical (unpaired) electrons. The standard InChI is InChI=1S/C14H28N2O/c1-10(2)14(17)13(16-4)9-11-5-7-12(15-3)8-6-11/h10-13,15-16H,5-9H2,1-4H3. The third-order valence-electron chi connectivity index (χ3n) is 4.08. The lowest BCUT2D eigenvalue weighted by molar-refractivity contribution is -0.124. The van der Waals surface area contributed by atoms with Crippen molar-refractivity contribution in [3.63, 3.8) is 0 Å². The average molecular weight is 240 g/mol. The Balaban J connectivity index is 2.39. The predicted octanol–water partition coefficient (Wildman–Crippen LogP) is 1.97. The van der Waals surface area contributed by atoms with Crippen molar-refractivity contribution in [1.29, 1.82) is 0 Å². The van der Waals surface area contributed by atoms with Crippen molar-refractivity contribution < 1.29 is 4.79 Å². The second-order valence-electron chi connectivity index (χ2n) is 5.64. The van der Waals surface area contributed by atoms with Crippen LogP contribution in [0.25, 0.3) is 0 Å². The van der Waals surface area contributed by atoms with Crippen molar-refractivity contribution in [3.05, 3.63) is 0 Å². The van der Waals surface area contributed by atoms with E-state index in [0.717, 1.165) is 12.3 Å². The molecule has 1 rings (SSSR count). The molecule has 100 valence electrons. The number of carbonyl (C=O) groups excluding carboxylic acids is 1. The van der Waals surface area contributed by atoms with Crippen LogP contribution >= 0.6 is 0 Å². The van der Waals surface area contributed by atoms with E-state index in [0.29, 0.717) is 11.8 Å². The zero-order valence-electron chi connectivity index (χ0n) is 11.8. The SMILES string of the molecule is CNC1CCC(CC(NC)C(=O)C(C)C)CC1. The minimum absolute atomic E-state index is 0.0612. The van der Waals surface area contributed by atoms with Gasteiger partial charge in [0.1, 0.15) is 0 Å². The molecular weight excluding hydrogens is 212 g/mol. The Kier molecular flexibility index (Phi) is 6.14. The maximum Gasteiger partial charge on any atom is 0.152 e.